The fraction of sp³-hybridized carbons (Fsp3) is 0.250. The second-order valence-electron chi connectivity index (χ2n) is 7.77. The summed E-state index contributed by atoms with van der Waals surface area (Å²) < 4.78 is 1.75. The Bertz CT molecular complexity index is 1300. The first kappa shape index (κ1) is 20.8. The molecular formula is C24H22ClN3OS2. The maximum Gasteiger partial charge on any atom is 0.267 e. The zero-order valence-electron chi connectivity index (χ0n) is 17.2. The molecular weight excluding hydrogens is 446 g/mol. The number of thioether (sulfide) groups is 1. The van der Waals surface area contributed by atoms with Gasteiger partial charge in [0.2, 0.25) is 0 Å². The number of fused-ring (bicyclic) bond motifs is 3. The van der Waals surface area contributed by atoms with Crippen LogP contribution in [0, 0.1) is 0 Å². The lowest BCUT2D eigenvalue weighted by Gasteiger charge is -2.21. The second-order valence-corrected chi connectivity index (χ2v) is 10.4. The van der Waals surface area contributed by atoms with E-state index in [4.69, 9.17) is 16.6 Å². The molecule has 0 spiro atoms. The van der Waals surface area contributed by atoms with Crippen LogP contribution in [0.2, 0.25) is 5.02 Å². The first-order valence-electron chi connectivity index (χ1n) is 10.3. The van der Waals surface area contributed by atoms with E-state index in [0.29, 0.717) is 5.02 Å². The van der Waals surface area contributed by atoms with Gasteiger partial charge in [-0.1, -0.05) is 59.8 Å². The van der Waals surface area contributed by atoms with E-state index < -0.39 is 0 Å². The molecule has 4 aromatic rings. The Kier molecular flexibility index (Phi) is 5.89. The summed E-state index contributed by atoms with van der Waals surface area (Å²) in [5, 5.41) is 2.11. The number of aromatic nitrogens is 2. The average Bonchev–Trinajstić information content (AvgIpc) is 3.12. The van der Waals surface area contributed by atoms with E-state index in [1.165, 1.54) is 16.0 Å². The number of benzene rings is 2. The van der Waals surface area contributed by atoms with Crippen molar-refractivity contribution in [3.8, 4) is 5.69 Å². The van der Waals surface area contributed by atoms with Gasteiger partial charge in [0.05, 0.1) is 11.1 Å². The third-order valence-corrected chi connectivity index (χ3v) is 7.85. The zero-order valence-corrected chi connectivity index (χ0v) is 19.6. The second kappa shape index (κ2) is 8.79. The number of thiophene rings is 1. The van der Waals surface area contributed by atoms with Crippen LogP contribution in [0.1, 0.15) is 16.0 Å². The largest absolute Gasteiger partial charge is 0.301 e. The minimum Gasteiger partial charge on any atom is -0.301 e. The highest BCUT2D eigenvalue weighted by Gasteiger charge is 2.24. The van der Waals surface area contributed by atoms with Crippen LogP contribution >= 0.6 is 34.7 Å². The molecule has 0 radical (unpaired) electrons. The number of hydrogen-bond acceptors (Lipinski definition) is 5. The fourth-order valence-electron chi connectivity index (χ4n) is 4.00. The SMILES string of the molecule is CN1CCc2c(sc3nc(SCCc4ccccc4)n(-c4cccc(Cl)c4)c(=O)c23)C1. The maximum atomic E-state index is 13.8. The van der Waals surface area contributed by atoms with Gasteiger partial charge in [-0.15, -0.1) is 11.3 Å². The highest BCUT2D eigenvalue weighted by atomic mass is 35.5. The molecule has 1 aliphatic rings. The molecule has 31 heavy (non-hydrogen) atoms. The molecule has 7 heteroatoms. The number of aryl methyl sites for hydroxylation is 1. The first-order chi connectivity index (χ1) is 15.1. The molecule has 0 N–H and O–H groups in total. The predicted octanol–water partition coefficient (Wildman–Crippen LogP) is 5.42. The summed E-state index contributed by atoms with van der Waals surface area (Å²) in [6, 6.07) is 17.9. The summed E-state index contributed by atoms with van der Waals surface area (Å²) in [4.78, 5) is 23.2. The Morgan fingerprint density at radius 3 is 2.81 bits per heavy atom. The third kappa shape index (κ3) is 4.17. The van der Waals surface area contributed by atoms with Crippen LogP contribution in [0.4, 0.5) is 0 Å². The minimum absolute atomic E-state index is 0.0107. The molecule has 0 atom stereocenters. The van der Waals surface area contributed by atoms with E-state index >= 15 is 0 Å². The van der Waals surface area contributed by atoms with Crippen molar-refractivity contribution in [1.82, 2.24) is 14.5 Å². The molecule has 158 valence electrons. The lowest BCUT2D eigenvalue weighted by Crippen LogP contribution is -2.27. The van der Waals surface area contributed by atoms with Crippen molar-refractivity contribution >= 4 is 44.9 Å². The topological polar surface area (TPSA) is 38.1 Å². The molecule has 2 aromatic carbocycles. The third-order valence-electron chi connectivity index (χ3n) is 5.57. The summed E-state index contributed by atoms with van der Waals surface area (Å²) in [5.41, 5.74) is 3.23. The van der Waals surface area contributed by atoms with Gasteiger partial charge in [0.1, 0.15) is 4.83 Å². The van der Waals surface area contributed by atoms with Gasteiger partial charge < -0.3 is 4.90 Å². The van der Waals surface area contributed by atoms with Crippen molar-refractivity contribution in [2.75, 3.05) is 19.3 Å². The lowest BCUT2D eigenvalue weighted by atomic mass is 10.1. The lowest BCUT2D eigenvalue weighted by molar-refractivity contribution is 0.318. The van der Waals surface area contributed by atoms with Crippen molar-refractivity contribution in [2.45, 2.75) is 24.5 Å². The zero-order chi connectivity index (χ0) is 21.4. The van der Waals surface area contributed by atoms with Crippen LogP contribution in [0.25, 0.3) is 15.9 Å². The summed E-state index contributed by atoms with van der Waals surface area (Å²) >= 11 is 9.55. The van der Waals surface area contributed by atoms with Gasteiger partial charge in [-0.3, -0.25) is 9.36 Å². The highest BCUT2D eigenvalue weighted by molar-refractivity contribution is 7.99. The Labute approximate surface area is 194 Å². The molecule has 0 fully saturated rings. The number of rotatable bonds is 5. The van der Waals surface area contributed by atoms with Crippen molar-refractivity contribution < 1.29 is 0 Å². The quantitative estimate of drug-likeness (QED) is 0.290. The normalized spacial score (nSPS) is 14.1. The summed E-state index contributed by atoms with van der Waals surface area (Å²) in [7, 11) is 2.12. The smallest absolute Gasteiger partial charge is 0.267 e. The number of hydrogen-bond donors (Lipinski definition) is 0. The standard InChI is InChI=1S/C24H22ClN3OS2/c1-27-12-10-19-20(15-27)31-22-21(19)23(29)28(18-9-5-8-17(25)14-18)24(26-22)30-13-11-16-6-3-2-4-7-16/h2-9,14H,10-13,15H2,1H3. The van der Waals surface area contributed by atoms with Crippen molar-refractivity contribution in [3.05, 3.63) is 86.0 Å². The van der Waals surface area contributed by atoms with Crippen LogP contribution in [-0.2, 0) is 19.4 Å². The van der Waals surface area contributed by atoms with E-state index in [-0.39, 0.29) is 5.56 Å². The maximum absolute atomic E-state index is 13.8. The number of nitrogens with zero attached hydrogens (tertiary/aromatic N) is 3. The van der Waals surface area contributed by atoms with Crippen molar-refractivity contribution in [3.63, 3.8) is 0 Å². The van der Waals surface area contributed by atoms with Gasteiger partial charge in [-0.05, 0) is 49.2 Å². The van der Waals surface area contributed by atoms with E-state index in [1.807, 2.05) is 30.3 Å². The monoisotopic (exact) mass is 467 g/mol. The van der Waals surface area contributed by atoms with Crippen LogP contribution < -0.4 is 5.56 Å². The van der Waals surface area contributed by atoms with Gasteiger partial charge in [0.25, 0.3) is 5.56 Å². The van der Waals surface area contributed by atoms with Gasteiger partial charge in [0, 0.05) is 28.7 Å². The van der Waals surface area contributed by atoms with E-state index in [1.54, 1.807) is 27.7 Å². The summed E-state index contributed by atoms with van der Waals surface area (Å²) in [6.45, 7) is 1.84. The molecule has 0 unspecified atom stereocenters. The predicted molar refractivity (Wildman–Crippen MR) is 131 cm³/mol. The van der Waals surface area contributed by atoms with E-state index in [9.17, 15) is 4.79 Å². The molecule has 4 nitrogen and oxygen atoms in total. The molecule has 0 aliphatic carbocycles. The van der Waals surface area contributed by atoms with Gasteiger partial charge in [-0.2, -0.15) is 0 Å². The molecule has 2 aromatic heterocycles. The molecule has 0 saturated heterocycles. The summed E-state index contributed by atoms with van der Waals surface area (Å²) in [6.07, 6.45) is 1.81. The Morgan fingerprint density at radius 2 is 2.00 bits per heavy atom. The molecule has 0 amide bonds. The highest BCUT2D eigenvalue weighted by Crippen LogP contribution is 2.34. The van der Waals surface area contributed by atoms with Crippen LogP contribution in [-0.4, -0.2) is 33.8 Å². The molecule has 3 heterocycles. The molecule has 5 rings (SSSR count). The molecule has 0 bridgehead atoms. The minimum atomic E-state index is 0.0107. The fourth-order valence-corrected chi connectivity index (χ4v) is 6.52. The van der Waals surface area contributed by atoms with E-state index in [2.05, 4.69) is 36.2 Å². The van der Waals surface area contributed by atoms with Crippen LogP contribution in [0.3, 0.4) is 0 Å². The van der Waals surface area contributed by atoms with Crippen molar-refractivity contribution in [1.29, 1.82) is 0 Å². The summed E-state index contributed by atoms with van der Waals surface area (Å²) in [5.74, 6) is 0.844. The number of halogens is 1. The Hall–Kier alpha value is -2.12. The molecule has 0 saturated carbocycles. The van der Waals surface area contributed by atoms with Gasteiger partial charge >= 0.3 is 0 Å². The van der Waals surface area contributed by atoms with Crippen molar-refractivity contribution in [2.24, 2.45) is 0 Å². The van der Waals surface area contributed by atoms with Gasteiger partial charge in [0.15, 0.2) is 5.16 Å². The van der Waals surface area contributed by atoms with Crippen LogP contribution in [0.15, 0.2) is 64.5 Å². The van der Waals surface area contributed by atoms with Gasteiger partial charge in [-0.25, -0.2) is 4.98 Å². The Balaban J connectivity index is 1.60. The van der Waals surface area contributed by atoms with Crippen LogP contribution in [0.5, 0.6) is 0 Å². The first-order valence-corrected chi connectivity index (χ1v) is 12.5. The molecule has 1 aliphatic heterocycles. The Morgan fingerprint density at radius 1 is 1.16 bits per heavy atom. The average molecular weight is 468 g/mol. The van der Waals surface area contributed by atoms with E-state index in [0.717, 1.165) is 52.7 Å². The number of likely N-dealkylation sites (N-methyl/N-ethyl adjacent to an activating group) is 1.